The number of ether oxygens (including phenoxy) is 1. The predicted octanol–water partition coefficient (Wildman–Crippen LogP) is 0.0541. The quantitative estimate of drug-likeness (QED) is 0.697. The van der Waals surface area contributed by atoms with Gasteiger partial charge in [0.2, 0.25) is 0 Å². The molecule has 0 saturated carbocycles. The number of nitrogens with zero attached hydrogens (tertiary/aromatic N) is 1. The van der Waals surface area contributed by atoms with Gasteiger partial charge < -0.3 is 20.1 Å². The lowest BCUT2D eigenvalue weighted by Gasteiger charge is -2.31. The molecule has 1 fully saturated rings. The fourth-order valence-corrected chi connectivity index (χ4v) is 1.88. The molecule has 2 atom stereocenters. The second-order valence-electron chi connectivity index (χ2n) is 4.32. The summed E-state index contributed by atoms with van der Waals surface area (Å²) in [5, 5.41) is 11.4. The van der Waals surface area contributed by atoms with Crippen molar-refractivity contribution in [2.45, 2.75) is 25.8 Å². The lowest BCUT2D eigenvalue weighted by molar-refractivity contribution is -0.144. The van der Waals surface area contributed by atoms with Crippen LogP contribution >= 0.6 is 0 Å². The van der Waals surface area contributed by atoms with Crippen molar-refractivity contribution in [3.8, 4) is 0 Å². The predicted molar refractivity (Wildman–Crippen MR) is 61.9 cm³/mol. The van der Waals surface area contributed by atoms with Crippen LogP contribution in [0.1, 0.15) is 19.8 Å². The van der Waals surface area contributed by atoms with Gasteiger partial charge in [-0.1, -0.05) is 0 Å². The van der Waals surface area contributed by atoms with E-state index in [9.17, 15) is 14.4 Å². The van der Waals surface area contributed by atoms with E-state index in [4.69, 9.17) is 5.11 Å². The van der Waals surface area contributed by atoms with Crippen molar-refractivity contribution in [2.75, 3.05) is 20.2 Å². The first-order valence-corrected chi connectivity index (χ1v) is 5.81. The van der Waals surface area contributed by atoms with Crippen LogP contribution in [0.25, 0.3) is 0 Å². The molecule has 2 N–H and O–H groups in total. The van der Waals surface area contributed by atoms with Gasteiger partial charge in [0.1, 0.15) is 6.04 Å². The molecule has 0 spiro atoms. The summed E-state index contributed by atoms with van der Waals surface area (Å²) >= 11 is 0. The number of hydrogen-bond acceptors (Lipinski definition) is 4. The van der Waals surface area contributed by atoms with Gasteiger partial charge in [-0.2, -0.15) is 0 Å². The van der Waals surface area contributed by atoms with Gasteiger partial charge in [0.15, 0.2) is 0 Å². The molecule has 1 unspecified atom stereocenters. The monoisotopic (exact) mass is 258 g/mol. The van der Waals surface area contributed by atoms with E-state index < -0.39 is 29.9 Å². The molecule has 1 heterocycles. The number of piperidine rings is 1. The van der Waals surface area contributed by atoms with Crippen LogP contribution in [0.3, 0.4) is 0 Å². The molecule has 0 radical (unpaired) electrons. The minimum atomic E-state index is -0.895. The summed E-state index contributed by atoms with van der Waals surface area (Å²) in [6.45, 7) is 2.20. The van der Waals surface area contributed by atoms with Gasteiger partial charge >= 0.3 is 18.0 Å². The highest BCUT2D eigenvalue weighted by atomic mass is 16.5. The Labute approximate surface area is 105 Å². The SMILES string of the molecule is COC(=O)C(C)NC(=O)N1CCC[C@@H](C(=O)O)C1. The molecule has 0 aromatic rings. The van der Waals surface area contributed by atoms with Crippen LogP contribution in [-0.2, 0) is 14.3 Å². The molecule has 0 bridgehead atoms. The van der Waals surface area contributed by atoms with Crippen molar-refractivity contribution in [3.05, 3.63) is 0 Å². The maximum atomic E-state index is 11.8. The molecule has 0 aromatic heterocycles. The zero-order valence-electron chi connectivity index (χ0n) is 10.5. The third-order valence-corrected chi connectivity index (χ3v) is 2.95. The number of carbonyl (C=O) groups is 3. The summed E-state index contributed by atoms with van der Waals surface area (Å²) in [6, 6.07) is -1.17. The summed E-state index contributed by atoms with van der Waals surface area (Å²) in [5.74, 6) is -1.96. The van der Waals surface area contributed by atoms with Gasteiger partial charge in [0, 0.05) is 13.1 Å². The number of carboxylic acid groups (broad SMARTS) is 1. The lowest BCUT2D eigenvalue weighted by atomic mass is 9.99. The first-order chi connectivity index (χ1) is 8.45. The second-order valence-corrected chi connectivity index (χ2v) is 4.32. The Hall–Kier alpha value is -1.79. The van der Waals surface area contributed by atoms with Crippen LogP contribution in [0.5, 0.6) is 0 Å². The number of carboxylic acids is 1. The molecule has 1 rings (SSSR count). The number of methoxy groups -OCH3 is 1. The van der Waals surface area contributed by atoms with Crippen molar-refractivity contribution in [1.82, 2.24) is 10.2 Å². The molecule has 2 amide bonds. The summed E-state index contributed by atoms with van der Waals surface area (Å²) in [5.41, 5.74) is 0. The molecule has 0 aliphatic carbocycles. The van der Waals surface area contributed by atoms with Crippen molar-refractivity contribution in [3.63, 3.8) is 0 Å². The summed E-state index contributed by atoms with van der Waals surface area (Å²) in [4.78, 5) is 35.2. The average molecular weight is 258 g/mol. The van der Waals surface area contributed by atoms with Crippen LogP contribution in [0.15, 0.2) is 0 Å². The number of rotatable bonds is 3. The van der Waals surface area contributed by atoms with E-state index in [1.807, 2.05) is 0 Å². The van der Waals surface area contributed by atoms with Crippen LogP contribution in [0.2, 0.25) is 0 Å². The standard InChI is InChI=1S/C11H18N2O5/c1-7(10(16)18-2)12-11(17)13-5-3-4-8(6-13)9(14)15/h7-8H,3-6H2,1-2H3,(H,12,17)(H,14,15)/t7?,8-/m1/s1. The largest absolute Gasteiger partial charge is 0.481 e. The van der Waals surface area contributed by atoms with E-state index >= 15 is 0 Å². The lowest BCUT2D eigenvalue weighted by Crippen LogP contribution is -2.51. The molecule has 1 aliphatic heterocycles. The zero-order valence-corrected chi connectivity index (χ0v) is 10.5. The minimum Gasteiger partial charge on any atom is -0.481 e. The number of nitrogens with one attached hydrogen (secondary N) is 1. The Balaban J connectivity index is 2.51. The highest BCUT2D eigenvalue weighted by molar-refractivity contribution is 5.83. The summed E-state index contributed by atoms with van der Waals surface area (Å²) < 4.78 is 4.49. The third kappa shape index (κ3) is 3.61. The molecule has 1 aliphatic rings. The Morgan fingerprint density at radius 3 is 2.67 bits per heavy atom. The number of amides is 2. The van der Waals surface area contributed by atoms with Gasteiger partial charge in [-0.05, 0) is 19.8 Å². The minimum absolute atomic E-state index is 0.176. The second kappa shape index (κ2) is 6.23. The Morgan fingerprint density at radius 2 is 2.11 bits per heavy atom. The highest BCUT2D eigenvalue weighted by Gasteiger charge is 2.29. The van der Waals surface area contributed by atoms with E-state index in [1.54, 1.807) is 0 Å². The van der Waals surface area contributed by atoms with Gasteiger partial charge in [-0.15, -0.1) is 0 Å². The topological polar surface area (TPSA) is 95.9 Å². The highest BCUT2D eigenvalue weighted by Crippen LogP contribution is 2.16. The zero-order chi connectivity index (χ0) is 13.7. The van der Waals surface area contributed by atoms with Crippen molar-refractivity contribution < 1.29 is 24.2 Å². The fourth-order valence-electron chi connectivity index (χ4n) is 1.88. The molecule has 18 heavy (non-hydrogen) atoms. The number of esters is 1. The average Bonchev–Trinajstić information content (AvgIpc) is 2.37. The molecular formula is C11H18N2O5. The van der Waals surface area contributed by atoms with Crippen LogP contribution < -0.4 is 5.32 Å². The van der Waals surface area contributed by atoms with Gasteiger partial charge in [-0.3, -0.25) is 4.79 Å². The first kappa shape index (κ1) is 14.3. The van der Waals surface area contributed by atoms with Crippen molar-refractivity contribution >= 4 is 18.0 Å². The van der Waals surface area contributed by atoms with Crippen LogP contribution in [0, 0.1) is 5.92 Å². The summed E-state index contributed by atoms with van der Waals surface area (Å²) in [6.07, 6.45) is 1.22. The number of carbonyl (C=O) groups excluding carboxylic acids is 2. The number of hydrogen-bond donors (Lipinski definition) is 2. The van der Waals surface area contributed by atoms with E-state index in [-0.39, 0.29) is 6.54 Å². The van der Waals surface area contributed by atoms with Crippen LogP contribution in [0.4, 0.5) is 4.79 Å². The van der Waals surface area contributed by atoms with E-state index in [0.717, 1.165) is 0 Å². The number of aliphatic carboxylic acids is 1. The normalized spacial score (nSPS) is 21.0. The van der Waals surface area contributed by atoms with Crippen LogP contribution in [-0.4, -0.2) is 54.2 Å². The van der Waals surface area contributed by atoms with Gasteiger partial charge in [0.05, 0.1) is 13.0 Å². The molecule has 102 valence electrons. The maximum Gasteiger partial charge on any atom is 0.328 e. The summed E-state index contributed by atoms with van der Waals surface area (Å²) in [7, 11) is 1.24. The Bertz CT molecular complexity index is 344. The van der Waals surface area contributed by atoms with Gasteiger partial charge in [-0.25, -0.2) is 9.59 Å². The smallest absolute Gasteiger partial charge is 0.328 e. The van der Waals surface area contributed by atoms with E-state index in [1.165, 1.54) is 18.9 Å². The molecule has 1 saturated heterocycles. The number of urea groups is 1. The third-order valence-electron chi connectivity index (χ3n) is 2.95. The maximum absolute atomic E-state index is 11.8. The van der Waals surface area contributed by atoms with E-state index in [2.05, 4.69) is 10.1 Å². The molecule has 7 nitrogen and oxygen atoms in total. The Morgan fingerprint density at radius 1 is 1.44 bits per heavy atom. The first-order valence-electron chi connectivity index (χ1n) is 5.81. The van der Waals surface area contributed by atoms with E-state index in [0.29, 0.717) is 19.4 Å². The Kier molecular flexibility index (Phi) is 4.94. The van der Waals surface area contributed by atoms with Gasteiger partial charge in [0.25, 0.3) is 0 Å². The molecule has 0 aromatic carbocycles. The molecule has 7 heteroatoms. The van der Waals surface area contributed by atoms with Crippen molar-refractivity contribution in [1.29, 1.82) is 0 Å². The number of likely N-dealkylation sites (tertiary alicyclic amines) is 1. The van der Waals surface area contributed by atoms with Crippen molar-refractivity contribution in [2.24, 2.45) is 5.92 Å². The fraction of sp³-hybridized carbons (Fsp3) is 0.727. The molecular weight excluding hydrogens is 240 g/mol.